The van der Waals surface area contributed by atoms with Gasteiger partial charge >= 0.3 is 12.1 Å². The van der Waals surface area contributed by atoms with Crippen LogP contribution in [0.15, 0.2) is 59.6 Å². The van der Waals surface area contributed by atoms with Gasteiger partial charge in [-0.25, -0.2) is 4.79 Å². The van der Waals surface area contributed by atoms with Gasteiger partial charge in [0, 0.05) is 12.3 Å². The van der Waals surface area contributed by atoms with Crippen molar-refractivity contribution >= 4 is 23.5 Å². The highest BCUT2D eigenvalue weighted by Crippen LogP contribution is 2.72. The van der Waals surface area contributed by atoms with Crippen LogP contribution in [0.1, 0.15) is 44.7 Å². The summed E-state index contributed by atoms with van der Waals surface area (Å²) in [6, 6.07) is 18.4. The molecule has 1 amide bonds. The number of benzene rings is 2. The van der Waals surface area contributed by atoms with E-state index in [0.717, 1.165) is 29.8 Å². The first-order valence-corrected chi connectivity index (χ1v) is 12.5. The van der Waals surface area contributed by atoms with Crippen molar-refractivity contribution in [1.29, 1.82) is 0 Å². The third-order valence-electron chi connectivity index (χ3n) is 8.48. The van der Waals surface area contributed by atoms with Crippen molar-refractivity contribution in [3.63, 3.8) is 0 Å². The van der Waals surface area contributed by atoms with Gasteiger partial charge < -0.3 is 14.4 Å². The molecule has 1 spiro atoms. The van der Waals surface area contributed by atoms with Crippen molar-refractivity contribution in [3.8, 4) is 0 Å². The first-order chi connectivity index (χ1) is 16.7. The van der Waals surface area contributed by atoms with Gasteiger partial charge in [-0.15, -0.1) is 0 Å². The van der Waals surface area contributed by atoms with Crippen LogP contribution in [0, 0.1) is 17.3 Å². The van der Waals surface area contributed by atoms with Crippen LogP contribution in [-0.4, -0.2) is 48.0 Å². The Morgan fingerprint density at radius 1 is 1.09 bits per heavy atom. The second-order valence-corrected chi connectivity index (χ2v) is 11.4. The second kappa shape index (κ2) is 7.42. The van der Waals surface area contributed by atoms with Crippen molar-refractivity contribution in [2.75, 3.05) is 13.7 Å². The zero-order valence-electron chi connectivity index (χ0n) is 20.8. The van der Waals surface area contributed by atoms with Gasteiger partial charge in [0.25, 0.3) is 0 Å². The Hall–Kier alpha value is -3.15. The van der Waals surface area contributed by atoms with Crippen LogP contribution < -0.4 is 0 Å². The van der Waals surface area contributed by atoms with Crippen molar-refractivity contribution < 1.29 is 19.1 Å². The first kappa shape index (κ1) is 22.3. The number of hydrogen-bond donors (Lipinski definition) is 0. The second-order valence-electron chi connectivity index (χ2n) is 11.4. The predicted molar refractivity (Wildman–Crippen MR) is 133 cm³/mol. The standard InChI is InChI=1S/C29H32N2O4/c1-27(2,3)35-26(33)31-15-14-28-20-12-8-9-13-22(20)30-24(28)29(25(32)34-4)17-21(29)19(23(28)31)16-18-10-6-5-7-11-18/h5-13,19,21,23H,14-17H2,1-4H3/t19-,21-,23+,28-,29+/m0/s1. The van der Waals surface area contributed by atoms with Crippen molar-refractivity contribution in [3.05, 3.63) is 65.7 Å². The molecule has 0 aromatic heterocycles. The molecule has 0 radical (unpaired) electrons. The van der Waals surface area contributed by atoms with E-state index in [1.54, 1.807) is 0 Å². The largest absolute Gasteiger partial charge is 0.468 e. The topological polar surface area (TPSA) is 68.2 Å². The number of carbonyl (C=O) groups is 2. The normalized spacial score (nSPS) is 32.1. The highest BCUT2D eigenvalue weighted by atomic mass is 16.6. The van der Waals surface area contributed by atoms with Crippen molar-refractivity contribution in [2.24, 2.45) is 22.2 Å². The minimum absolute atomic E-state index is 0.0735. The summed E-state index contributed by atoms with van der Waals surface area (Å²) in [7, 11) is 1.47. The molecular weight excluding hydrogens is 440 g/mol. The van der Waals surface area contributed by atoms with Gasteiger partial charge in [0.1, 0.15) is 11.0 Å². The molecule has 2 aliphatic carbocycles. The van der Waals surface area contributed by atoms with Crippen molar-refractivity contribution in [1.82, 2.24) is 4.90 Å². The molecule has 2 aromatic carbocycles. The van der Waals surface area contributed by atoms with Gasteiger partial charge in [0.15, 0.2) is 0 Å². The lowest BCUT2D eigenvalue weighted by molar-refractivity contribution is -0.145. The van der Waals surface area contributed by atoms with Crippen LogP contribution >= 0.6 is 0 Å². The van der Waals surface area contributed by atoms with Crippen LogP contribution in [0.3, 0.4) is 0 Å². The van der Waals surface area contributed by atoms with Crippen molar-refractivity contribution in [2.45, 2.75) is 57.1 Å². The minimum atomic E-state index is -0.715. The van der Waals surface area contributed by atoms with E-state index in [2.05, 4.69) is 18.2 Å². The number of likely N-dealkylation sites (tertiary alicyclic amines) is 1. The Morgan fingerprint density at radius 2 is 1.80 bits per heavy atom. The van der Waals surface area contributed by atoms with E-state index in [1.807, 2.05) is 62.1 Å². The Labute approximate surface area is 206 Å². The third-order valence-corrected chi connectivity index (χ3v) is 8.48. The van der Waals surface area contributed by atoms with E-state index in [0.29, 0.717) is 13.0 Å². The predicted octanol–water partition coefficient (Wildman–Crippen LogP) is 5.07. The van der Waals surface area contributed by atoms with E-state index in [1.165, 1.54) is 12.7 Å². The summed E-state index contributed by atoms with van der Waals surface area (Å²) in [5, 5.41) is 0. The Balaban J connectivity index is 1.53. The molecule has 182 valence electrons. The number of amides is 1. The van der Waals surface area contributed by atoms with E-state index in [4.69, 9.17) is 14.5 Å². The molecule has 0 bridgehead atoms. The van der Waals surface area contributed by atoms with Crippen LogP contribution in [0.2, 0.25) is 0 Å². The lowest BCUT2D eigenvalue weighted by Gasteiger charge is -2.47. The molecule has 2 aliphatic heterocycles. The fraction of sp³-hybridized carbons (Fsp3) is 0.483. The van der Waals surface area contributed by atoms with Gasteiger partial charge in [0.05, 0.1) is 24.3 Å². The molecule has 35 heavy (non-hydrogen) atoms. The molecule has 0 N–H and O–H groups in total. The number of carbonyl (C=O) groups excluding carboxylic acids is 2. The summed E-state index contributed by atoms with van der Waals surface area (Å²) in [6.07, 6.45) is 1.94. The quantitative estimate of drug-likeness (QED) is 0.585. The summed E-state index contributed by atoms with van der Waals surface area (Å²) in [4.78, 5) is 34.0. The Kier molecular flexibility index (Phi) is 4.73. The number of nitrogens with zero attached hydrogens (tertiary/aromatic N) is 2. The summed E-state index contributed by atoms with van der Waals surface area (Å²) in [5.41, 5.74) is 2.34. The number of esters is 1. The van der Waals surface area contributed by atoms with Gasteiger partial charge in [-0.3, -0.25) is 9.79 Å². The molecule has 1 saturated heterocycles. The minimum Gasteiger partial charge on any atom is -0.468 e. The van der Waals surface area contributed by atoms with Gasteiger partial charge in [-0.1, -0.05) is 48.5 Å². The molecule has 4 aliphatic rings. The number of aliphatic imine (C=N–C) groups is 1. The lowest BCUT2D eigenvalue weighted by atomic mass is 9.58. The number of rotatable bonds is 3. The number of ether oxygens (including phenoxy) is 2. The molecule has 5 atom stereocenters. The van der Waals surface area contributed by atoms with E-state index < -0.39 is 16.4 Å². The van der Waals surface area contributed by atoms with E-state index in [-0.39, 0.29) is 29.9 Å². The smallest absolute Gasteiger partial charge is 0.410 e. The molecule has 3 fully saturated rings. The zero-order chi connectivity index (χ0) is 24.6. The molecule has 2 heterocycles. The number of fused-ring (bicyclic) bond motifs is 3. The van der Waals surface area contributed by atoms with Gasteiger partial charge in [-0.2, -0.15) is 0 Å². The summed E-state index contributed by atoms with van der Waals surface area (Å²) in [5.74, 6) is -0.0401. The van der Waals surface area contributed by atoms with E-state index >= 15 is 0 Å². The molecule has 6 nitrogen and oxygen atoms in total. The highest BCUT2D eigenvalue weighted by Gasteiger charge is 2.79. The van der Waals surface area contributed by atoms with Crippen LogP contribution in [-0.2, 0) is 26.1 Å². The highest BCUT2D eigenvalue weighted by molar-refractivity contribution is 6.19. The van der Waals surface area contributed by atoms with Gasteiger partial charge in [-0.05, 0) is 69.1 Å². The SMILES string of the molecule is COC(=O)[C@]12C[C@H]1[C@H](Cc1ccccc1)[C@H]1N(C(=O)OC(C)(C)C)CC[C@@]13C2=Nc1ccccc13. The van der Waals surface area contributed by atoms with Crippen LogP contribution in [0.5, 0.6) is 0 Å². The number of methoxy groups -OCH3 is 1. The lowest BCUT2D eigenvalue weighted by Crippen LogP contribution is -2.60. The van der Waals surface area contributed by atoms with Crippen LogP contribution in [0.25, 0.3) is 0 Å². The average Bonchev–Trinajstić information content (AvgIpc) is 3.32. The maximum Gasteiger partial charge on any atom is 0.410 e. The summed E-state index contributed by atoms with van der Waals surface area (Å²) in [6.45, 7) is 6.28. The Bertz CT molecular complexity index is 1230. The number of hydrogen-bond acceptors (Lipinski definition) is 5. The molecule has 6 heteroatoms. The fourth-order valence-electron chi connectivity index (χ4n) is 7.27. The molecular formula is C29H32N2O4. The average molecular weight is 473 g/mol. The van der Waals surface area contributed by atoms with Gasteiger partial charge in [0.2, 0.25) is 0 Å². The fourth-order valence-corrected chi connectivity index (χ4v) is 7.27. The maximum absolute atomic E-state index is 13.6. The third kappa shape index (κ3) is 3.04. The van der Waals surface area contributed by atoms with Crippen LogP contribution in [0.4, 0.5) is 10.5 Å². The number of para-hydroxylation sites is 1. The van der Waals surface area contributed by atoms with E-state index in [9.17, 15) is 9.59 Å². The molecule has 2 aromatic rings. The summed E-state index contributed by atoms with van der Waals surface area (Å²) < 4.78 is 11.3. The first-order valence-electron chi connectivity index (χ1n) is 12.5. The molecule has 6 rings (SSSR count). The molecule has 2 saturated carbocycles. The summed E-state index contributed by atoms with van der Waals surface area (Å²) >= 11 is 0. The zero-order valence-corrected chi connectivity index (χ0v) is 20.8. The Morgan fingerprint density at radius 3 is 2.51 bits per heavy atom. The maximum atomic E-state index is 13.6. The molecule has 0 unspecified atom stereocenters. The monoisotopic (exact) mass is 472 g/mol.